The molecule has 3 aromatic rings. The number of carbonyl (C=O) groups excluding carboxylic acids is 3. The topological polar surface area (TPSA) is 76.8 Å². The van der Waals surface area contributed by atoms with Gasteiger partial charge in [-0.2, -0.15) is 0 Å². The highest BCUT2D eigenvalue weighted by Gasteiger charge is 2.36. The SMILES string of the molecule is O=C1CC(c2ccccc2)N(C(=O)OCc2ccccc2)C=C1C(=O)c1ccoc1. The number of allylic oxidation sites excluding steroid dienone is 1. The molecule has 6 nitrogen and oxygen atoms in total. The predicted octanol–water partition coefficient (Wildman–Crippen LogP) is 4.70. The van der Waals surface area contributed by atoms with E-state index in [-0.39, 0.29) is 29.9 Å². The van der Waals surface area contributed by atoms with Gasteiger partial charge in [-0.1, -0.05) is 60.7 Å². The van der Waals surface area contributed by atoms with Gasteiger partial charge >= 0.3 is 6.09 Å². The van der Waals surface area contributed by atoms with Crippen molar-refractivity contribution in [2.45, 2.75) is 19.1 Å². The maximum Gasteiger partial charge on any atom is 0.414 e. The largest absolute Gasteiger partial charge is 0.472 e. The zero-order valence-electron chi connectivity index (χ0n) is 16.1. The number of amides is 1. The highest BCUT2D eigenvalue weighted by molar-refractivity contribution is 6.26. The maximum atomic E-state index is 12.9. The summed E-state index contributed by atoms with van der Waals surface area (Å²) in [4.78, 5) is 39.8. The molecule has 1 aliphatic rings. The normalized spacial score (nSPS) is 16.1. The van der Waals surface area contributed by atoms with E-state index in [1.165, 1.54) is 29.7 Å². The molecule has 0 fully saturated rings. The van der Waals surface area contributed by atoms with Gasteiger partial charge in [0.15, 0.2) is 5.78 Å². The summed E-state index contributed by atoms with van der Waals surface area (Å²) in [5.74, 6) is -0.816. The Labute approximate surface area is 173 Å². The number of hydrogen-bond donors (Lipinski definition) is 0. The molecule has 2 heterocycles. The van der Waals surface area contributed by atoms with Crippen LogP contribution in [0.1, 0.15) is 33.9 Å². The van der Waals surface area contributed by atoms with E-state index in [2.05, 4.69) is 0 Å². The van der Waals surface area contributed by atoms with Crippen molar-refractivity contribution < 1.29 is 23.5 Å². The summed E-state index contributed by atoms with van der Waals surface area (Å²) in [6.45, 7) is 0.0878. The standard InChI is InChI=1S/C24H19NO5/c26-22-13-21(18-9-5-2-6-10-18)25(14-20(22)23(27)19-11-12-29-16-19)24(28)30-15-17-7-3-1-4-8-17/h1-12,14,16,21H,13,15H2. The van der Waals surface area contributed by atoms with Gasteiger partial charge in [-0.05, 0) is 17.2 Å². The molecular formula is C24H19NO5. The van der Waals surface area contributed by atoms with Crippen LogP contribution in [-0.2, 0) is 16.1 Å². The Morgan fingerprint density at radius 1 is 1.00 bits per heavy atom. The summed E-state index contributed by atoms with van der Waals surface area (Å²) in [5.41, 5.74) is 1.81. The van der Waals surface area contributed by atoms with E-state index in [0.29, 0.717) is 0 Å². The lowest BCUT2D eigenvalue weighted by atomic mass is 9.90. The van der Waals surface area contributed by atoms with E-state index < -0.39 is 17.9 Å². The molecule has 0 N–H and O–H groups in total. The monoisotopic (exact) mass is 401 g/mol. The molecule has 0 bridgehead atoms. The molecule has 150 valence electrons. The lowest BCUT2D eigenvalue weighted by Crippen LogP contribution is -2.37. The molecule has 1 atom stereocenters. The van der Waals surface area contributed by atoms with Crippen LogP contribution in [0.4, 0.5) is 4.79 Å². The van der Waals surface area contributed by atoms with Crippen molar-refractivity contribution in [3.8, 4) is 0 Å². The fourth-order valence-corrected chi connectivity index (χ4v) is 3.35. The maximum absolute atomic E-state index is 12.9. The fourth-order valence-electron chi connectivity index (χ4n) is 3.35. The molecular weight excluding hydrogens is 382 g/mol. The van der Waals surface area contributed by atoms with Crippen LogP contribution < -0.4 is 0 Å². The molecule has 0 saturated heterocycles. The minimum absolute atomic E-state index is 0.0140. The van der Waals surface area contributed by atoms with Gasteiger partial charge in [-0.25, -0.2) is 4.79 Å². The Hall–Kier alpha value is -3.93. The van der Waals surface area contributed by atoms with Crippen molar-refractivity contribution in [2.24, 2.45) is 0 Å². The van der Waals surface area contributed by atoms with E-state index in [1.54, 1.807) is 0 Å². The van der Waals surface area contributed by atoms with Gasteiger partial charge < -0.3 is 9.15 Å². The molecule has 6 heteroatoms. The number of rotatable bonds is 5. The van der Waals surface area contributed by atoms with Crippen LogP contribution in [0, 0.1) is 0 Å². The van der Waals surface area contributed by atoms with Gasteiger partial charge in [-0.15, -0.1) is 0 Å². The molecule has 2 aromatic carbocycles. The quantitative estimate of drug-likeness (QED) is 0.458. The van der Waals surface area contributed by atoms with E-state index in [9.17, 15) is 14.4 Å². The van der Waals surface area contributed by atoms with Crippen LogP contribution in [-0.4, -0.2) is 22.6 Å². The molecule has 1 aliphatic heterocycles. The Kier molecular flexibility index (Phi) is 5.57. The molecule has 4 rings (SSSR count). The lowest BCUT2D eigenvalue weighted by Gasteiger charge is -2.32. The Bertz CT molecular complexity index is 1070. The van der Waals surface area contributed by atoms with E-state index in [4.69, 9.17) is 9.15 Å². The highest BCUT2D eigenvalue weighted by Crippen LogP contribution is 2.32. The van der Waals surface area contributed by atoms with Crippen molar-refractivity contribution in [1.82, 2.24) is 4.90 Å². The van der Waals surface area contributed by atoms with Crippen LogP contribution >= 0.6 is 0 Å². The first-order valence-electron chi connectivity index (χ1n) is 9.49. The second kappa shape index (κ2) is 8.61. The summed E-state index contributed by atoms with van der Waals surface area (Å²) >= 11 is 0. The summed E-state index contributed by atoms with van der Waals surface area (Å²) in [7, 11) is 0. The number of benzene rings is 2. The summed E-state index contributed by atoms with van der Waals surface area (Å²) in [6, 6.07) is 19.4. The van der Waals surface area contributed by atoms with Crippen LogP contribution in [0.15, 0.2) is 95.4 Å². The molecule has 0 spiro atoms. The smallest absolute Gasteiger partial charge is 0.414 e. The van der Waals surface area contributed by atoms with E-state index in [1.807, 2.05) is 60.7 Å². The van der Waals surface area contributed by atoms with Gasteiger partial charge in [0.25, 0.3) is 0 Å². The first-order valence-corrected chi connectivity index (χ1v) is 9.49. The molecule has 30 heavy (non-hydrogen) atoms. The number of ketones is 2. The van der Waals surface area contributed by atoms with Crippen LogP contribution in [0.5, 0.6) is 0 Å². The lowest BCUT2D eigenvalue weighted by molar-refractivity contribution is -0.117. The van der Waals surface area contributed by atoms with Gasteiger partial charge in [-0.3, -0.25) is 14.5 Å². The molecule has 0 aliphatic carbocycles. The highest BCUT2D eigenvalue weighted by atomic mass is 16.6. The molecule has 0 radical (unpaired) electrons. The van der Waals surface area contributed by atoms with E-state index >= 15 is 0 Å². The Morgan fingerprint density at radius 2 is 1.70 bits per heavy atom. The zero-order valence-corrected chi connectivity index (χ0v) is 16.1. The number of Topliss-reactive ketones (excluding diaryl/α,β-unsaturated/α-hetero) is 2. The third-order valence-corrected chi connectivity index (χ3v) is 4.91. The molecule has 1 aromatic heterocycles. The number of hydrogen-bond acceptors (Lipinski definition) is 5. The van der Waals surface area contributed by atoms with Crippen LogP contribution in [0.25, 0.3) is 0 Å². The number of furan rings is 1. The van der Waals surface area contributed by atoms with Crippen LogP contribution in [0.3, 0.4) is 0 Å². The fraction of sp³-hybridized carbons (Fsp3) is 0.125. The van der Waals surface area contributed by atoms with Crippen molar-refractivity contribution in [1.29, 1.82) is 0 Å². The predicted molar refractivity (Wildman–Crippen MR) is 108 cm³/mol. The number of ether oxygens (including phenoxy) is 1. The summed E-state index contributed by atoms with van der Waals surface area (Å²) in [5, 5.41) is 0. The Morgan fingerprint density at radius 3 is 2.37 bits per heavy atom. The minimum atomic E-state index is -0.627. The minimum Gasteiger partial charge on any atom is -0.472 e. The zero-order chi connectivity index (χ0) is 20.9. The van der Waals surface area contributed by atoms with E-state index in [0.717, 1.165) is 11.1 Å². The third-order valence-electron chi connectivity index (χ3n) is 4.91. The van der Waals surface area contributed by atoms with Crippen molar-refractivity contribution in [3.05, 3.63) is 108 Å². The average molecular weight is 401 g/mol. The van der Waals surface area contributed by atoms with Gasteiger partial charge in [0, 0.05) is 12.6 Å². The third kappa shape index (κ3) is 4.07. The van der Waals surface area contributed by atoms with Crippen LogP contribution in [0.2, 0.25) is 0 Å². The first kappa shape index (κ1) is 19.4. The Balaban J connectivity index is 1.64. The number of carbonyl (C=O) groups is 3. The van der Waals surface area contributed by atoms with Crippen molar-refractivity contribution >= 4 is 17.7 Å². The van der Waals surface area contributed by atoms with Gasteiger partial charge in [0.2, 0.25) is 5.78 Å². The molecule has 1 unspecified atom stereocenters. The molecule has 0 saturated carbocycles. The first-order chi connectivity index (χ1) is 14.6. The van der Waals surface area contributed by atoms with Crippen molar-refractivity contribution in [2.75, 3.05) is 0 Å². The average Bonchev–Trinajstić information content (AvgIpc) is 3.33. The summed E-state index contributed by atoms with van der Waals surface area (Å²) in [6.07, 6.45) is 3.29. The summed E-state index contributed by atoms with van der Waals surface area (Å²) < 4.78 is 10.4. The van der Waals surface area contributed by atoms with Crippen molar-refractivity contribution in [3.63, 3.8) is 0 Å². The van der Waals surface area contributed by atoms with Gasteiger partial charge in [0.05, 0.1) is 23.4 Å². The second-order valence-corrected chi connectivity index (χ2v) is 6.89. The van der Waals surface area contributed by atoms with Gasteiger partial charge in [0.1, 0.15) is 12.9 Å². The number of nitrogens with zero attached hydrogens (tertiary/aromatic N) is 1. The second-order valence-electron chi connectivity index (χ2n) is 6.89. The molecule has 1 amide bonds.